The molecular formula is C30H45FO5Si. The molecule has 0 spiro atoms. The molecule has 1 fully saturated rings. The van der Waals surface area contributed by atoms with Gasteiger partial charge < -0.3 is 19.3 Å². The van der Waals surface area contributed by atoms with E-state index in [4.69, 9.17) is 14.2 Å². The molecule has 1 aromatic rings. The quantitative estimate of drug-likeness (QED) is 0.224. The highest BCUT2D eigenvalue weighted by molar-refractivity contribution is 6.76. The number of aliphatic hydroxyl groups excluding tert-OH is 1. The number of aryl methyl sites for hydroxylation is 2. The van der Waals surface area contributed by atoms with Crippen LogP contribution in [0.25, 0.3) is 6.08 Å². The van der Waals surface area contributed by atoms with E-state index in [0.717, 1.165) is 22.7 Å². The number of carbonyl (C=O) groups is 1. The first kappa shape index (κ1) is 31.2. The number of carbonyl (C=O) groups excluding carboxylic acids is 1. The summed E-state index contributed by atoms with van der Waals surface area (Å²) in [4.78, 5) is 13.0. The van der Waals surface area contributed by atoms with Crippen molar-refractivity contribution in [2.75, 3.05) is 6.61 Å². The van der Waals surface area contributed by atoms with E-state index >= 15 is 0 Å². The molecule has 0 aliphatic carbocycles. The molecule has 0 radical (unpaired) electrons. The Morgan fingerprint density at radius 3 is 2.51 bits per heavy atom. The van der Waals surface area contributed by atoms with Crippen LogP contribution < -0.4 is 0 Å². The maximum Gasteiger partial charge on any atom is 0.338 e. The Morgan fingerprint density at radius 2 is 1.92 bits per heavy atom. The summed E-state index contributed by atoms with van der Waals surface area (Å²) in [6, 6.07) is 4.85. The summed E-state index contributed by atoms with van der Waals surface area (Å²) < 4.78 is 32.2. The highest BCUT2D eigenvalue weighted by atomic mass is 28.3. The maximum atomic E-state index is 14.6. The molecule has 2 rings (SSSR count). The fourth-order valence-electron chi connectivity index (χ4n) is 4.02. The van der Waals surface area contributed by atoms with Gasteiger partial charge >= 0.3 is 5.97 Å². The summed E-state index contributed by atoms with van der Waals surface area (Å²) in [6.45, 7) is 19.5. The number of rotatable bonds is 9. The van der Waals surface area contributed by atoms with Crippen molar-refractivity contribution in [3.05, 3.63) is 40.5 Å². The van der Waals surface area contributed by atoms with E-state index in [1.807, 2.05) is 38.1 Å². The molecule has 206 valence electrons. The second-order valence-corrected chi connectivity index (χ2v) is 17.8. The zero-order chi connectivity index (χ0) is 28.2. The standard InChI is InChI=1S/C30H45FO5Si/c1-20(2)30(7,31)15-14-24(32)27-25(35-29(5,6)36-27)13-11-12-23-19-21(3)18-22(4)26(23)28(33)34-16-17-37(8,9)10/h11-12,18-20,24-25,27,32H,13,16-17H2,1-10H3/b12-11+. The lowest BCUT2D eigenvalue weighted by Crippen LogP contribution is -2.35. The summed E-state index contributed by atoms with van der Waals surface area (Å²) >= 11 is 0. The Balaban J connectivity index is 2.21. The van der Waals surface area contributed by atoms with Crippen molar-refractivity contribution in [1.29, 1.82) is 0 Å². The van der Waals surface area contributed by atoms with Crippen LogP contribution in [-0.4, -0.2) is 55.5 Å². The molecule has 0 saturated carbocycles. The van der Waals surface area contributed by atoms with Crippen LogP contribution in [0.3, 0.4) is 0 Å². The normalized spacial score (nSPS) is 22.0. The first-order chi connectivity index (χ1) is 16.9. The van der Waals surface area contributed by atoms with Crippen LogP contribution in [0.4, 0.5) is 4.39 Å². The maximum absolute atomic E-state index is 14.6. The highest BCUT2D eigenvalue weighted by Gasteiger charge is 2.44. The number of hydrogen-bond acceptors (Lipinski definition) is 5. The molecule has 1 aliphatic rings. The summed E-state index contributed by atoms with van der Waals surface area (Å²) in [5, 5.41) is 10.7. The Bertz CT molecular complexity index is 1040. The van der Waals surface area contributed by atoms with Gasteiger partial charge in [-0.2, -0.15) is 0 Å². The lowest BCUT2D eigenvalue weighted by atomic mass is 9.94. The molecule has 1 saturated heterocycles. The van der Waals surface area contributed by atoms with Crippen LogP contribution in [0, 0.1) is 31.6 Å². The monoisotopic (exact) mass is 532 g/mol. The first-order valence-electron chi connectivity index (χ1n) is 13.1. The third-order valence-electron chi connectivity index (χ3n) is 6.55. The van der Waals surface area contributed by atoms with E-state index in [0.29, 0.717) is 18.6 Å². The van der Waals surface area contributed by atoms with Crippen molar-refractivity contribution in [2.24, 2.45) is 5.92 Å². The zero-order valence-corrected chi connectivity index (χ0v) is 25.2. The Labute approximate surface area is 223 Å². The smallest absolute Gasteiger partial charge is 0.338 e. The van der Waals surface area contributed by atoms with Gasteiger partial charge in [0.05, 0.1) is 18.3 Å². The van der Waals surface area contributed by atoms with Crippen molar-refractivity contribution in [3.63, 3.8) is 0 Å². The topological polar surface area (TPSA) is 65.0 Å². The number of benzene rings is 1. The number of alkyl halides is 1. The van der Waals surface area contributed by atoms with Crippen LogP contribution in [0.5, 0.6) is 0 Å². The Hall–Kier alpha value is -1.98. The van der Waals surface area contributed by atoms with Gasteiger partial charge in [-0.3, -0.25) is 0 Å². The molecule has 1 aromatic carbocycles. The highest BCUT2D eigenvalue weighted by Crippen LogP contribution is 2.32. The van der Waals surface area contributed by atoms with Crippen molar-refractivity contribution in [2.45, 2.75) is 110 Å². The zero-order valence-electron chi connectivity index (χ0n) is 24.2. The van der Waals surface area contributed by atoms with Gasteiger partial charge in [0.1, 0.15) is 12.2 Å². The van der Waals surface area contributed by atoms with E-state index in [-0.39, 0.29) is 11.9 Å². The van der Waals surface area contributed by atoms with Gasteiger partial charge in [-0.05, 0) is 64.1 Å². The molecule has 4 atom stereocenters. The predicted octanol–water partition coefficient (Wildman–Crippen LogP) is 6.47. The minimum atomic E-state index is -1.71. The van der Waals surface area contributed by atoms with E-state index in [2.05, 4.69) is 31.5 Å². The SMILES string of the molecule is Cc1cc(C)c(C(=O)OCC[Si](C)(C)C)c(/C=C/CC2OC(C)(C)OC2C(O)C#CC(C)(F)C(C)C)c1. The first-order valence-corrected chi connectivity index (χ1v) is 16.8. The van der Waals surface area contributed by atoms with Crippen LogP contribution >= 0.6 is 0 Å². The van der Waals surface area contributed by atoms with Gasteiger partial charge in [0, 0.05) is 8.07 Å². The molecule has 1 heterocycles. The van der Waals surface area contributed by atoms with Crippen LogP contribution in [0.1, 0.15) is 68.1 Å². The summed E-state index contributed by atoms with van der Waals surface area (Å²) in [5.74, 6) is 3.65. The van der Waals surface area contributed by atoms with Gasteiger partial charge in [-0.15, -0.1) is 0 Å². The number of halogens is 1. The largest absolute Gasteiger partial charge is 0.462 e. The molecule has 1 N–H and O–H groups in total. The number of hydrogen-bond donors (Lipinski definition) is 1. The molecule has 0 amide bonds. The molecule has 37 heavy (non-hydrogen) atoms. The van der Waals surface area contributed by atoms with Crippen LogP contribution in [-0.2, 0) is 14.2 Å². The second-order valence-electron chi connectivity index (χ2n) is 12.2. The lowest BCUT2D eigenvalue weighted by molar-refractivity contribution is -0.151. The average Bonchev–Trinajstić information content (AvgIpc) is 3.05. The Kier molecular flexibility index (Phi) is 10.3. The molecular weight excluding hydrogens is 487 g/mol. The molecule has 1 aliphatic heterocycles. The molecule has 0 bridgehead atoms. The fraction of sp³-hybridized carbons (Fsp3) is 0.633. The third-order valence-corrected chi connectivity index (χ3v) is 8.25. The van der Waals surface area contributed by atoms with E-state index in [9.17, 15) is 14.3 Å². The summed E-state index contributed by atoms with van der Waals surface area (Å²) in [7, 11) is -1.32. The van der Waals surface area contributed by atoms with Crippen molar-refractivity contribution < 1.29 is 28.5 Å². The Morgan fingerprint density at radius 1 is 1.27 bits per heavy atom. The second kappa shape index (κ2) is 12.3. The number of esters is 1. The van der Waals surface area contributed by atoms with Crippen LogP contribution in [0.2, 0.25) is 25.7 Å². The van der Waals surface area contributed by atoms with Gasteiger partial charge in [-0.25, -0.2) is 9.18 Å². The third kappa shape index (κ3) is 9.37. The van der Waals surface area contributed by atoms with E-state index < -0.39 is 37.8 Å². The van der Waals surface area contributed by atoms with Crippen LogP contribution in [0.15, 0.2) is 18.2 Å². The minimum Gasteiger partial charge on any atom is -0.462 e. The van der Waals surface area contributed by atoms with Gasteiger partial charge in [0.25, 0.3) is 0 Å². The average molecular weight is 533 g/mol. The summed E-state index contributed by atoms with van der Waals surface area (Å²) in [6.07, 6.45) is 1.78. The fourth-order valence-corrected chi connectivity index (χ4v) is 4.73. The van der Waals surface area contributed by atoms with Gasteiger partial charge in [-0.1, -0.05) is 75.2 Å². The van der Waals surface area contributed by atoms with E-state index in [1.165, 1.54) is 6.92 Å². The van der Waals surface area contributed by atoms with Gasteiger partial charge in [0.2, 0.25) is 0 Å². The van der Waals surface area contributed by atoms with Crippen molar-refractivity contribution in [3.8, 4) is 11.8 Å². The number of aliphatic hydroxyl groups is 1. The predicted molar refractivity (Wildman–Crippen MR) is 150 cm³/mol. The minimum absolute atomic E-state index is 0.308. The van der Waals surface area contributed by atoms with Gasteiger partial charge in [0.15, 0.2) is 11.5 Å². The van der Waals surface area contributed by atoms with Crippen molar-refractivity contribution in [1.82, 2.24) is 0 Å². The molecule has 0 aromatic heterocycles. The molecule has 5 nitrogen and oxygen atoms in total. The molecule has 7 heteroatoms. The lowest BCUT2D eigenvalue weighted by Gasteiger charge is -2.20. The number of ether oxygens (including phenoxy) is 3. The summed E-state index contributed by atoms with van der Waals surface area (Å²) in [5.41, 5.74) is 1.52. The van der Waals surface area contributed by atoms with E-state index in [1.54, 1.807) is 27.7 Å². The van der Waals surface area contributed by atoms with Crippen molar-refractivity contribution >= 4 is 20.1 Å². The molecule has 4 unspecified atom stereocenters.